The van der Waals surface area contributed by atoms with Crippen LogP contribution in [0, 0.1) is 5.92 Å². The first-order valence-corrected chi connectivity index (χ1v) is 7.81. The number of sulfone groups is 1. The van der Waals surface area contributed by atoms with Crippen molar-refractivity contribution in [2.45, 2.75) is 39.3 Å². The van der Waals surface area contributed by atoms with Crippen LogP contribution in [0.3, 0.4) is 0 Å². The van der Waals surface area contributed by atoms with Crippen molar-refractivity contribution in [2.24, 2.45) is 11.7 Å². The molecule has 0 bridgehead atoms. The minimum absolute atomic E-state index is 0.0487. The van der Waals surface area contributed by atoms with Crippen molar-refractivity contribution in [1.29, 1.82) is 0 Å². The van der Waals surface area contributed by atoms with Crippen LogP contribution in [0.1, 0.15) is 27.2 Å². The lowest BCUT2D eigenvalue weighted by Crippen LogP contribution is -2.54. The molecule has 100 valence electrons. The molecule has 0 saturated carbocycles. The van der Waals surface area contributed by atoms with E-state index >= 15 is 0 Å². The van der Waals surface area contributed by atoms with Crippen molar-refractivity contribution in [1.82, 2.24) is 4.90 Å². The van der Waals surface area contributed by atoms with Gasteiger partial charge in [0, 0.05) is 12.6 Å². The maximum atomic E-state index is 12.1. The second-order valence-electron chi connectivity index (χ2n) is 5.23. The van der Waals surface area contributed by atoms with Crippen LogP contribution in [0.4, 0.5) is 0 Å². The van der Waals surface area contributed by atoms with E-state index in [-0.39, 0.29) is 30.0 Å². The summed E-state index contributed by atoms with van der Waals surface area (Å²) in [5.41, 5.74) is 5.84. The highest BCUT2D eigenvalue weighted by molar-refractivity contribution is 7.91. The Morgan fingerprint density at radius 3 is 2.53 bits per heavy atom. The Kier molecular flexibility index (Phi) is 4.55. The molecule has 0 aromatic rings. The van der Waals surface area contributed by atoms with E-state index in [1.54, 1.807) is 11.8 Å². The zero-order valence-electron chi connectivity index (χ0n) is 10.7. The maximum absolute atomic E-state index is 12.1. The first kappa shape index (κ1) is 14.4. The summed E-state index contributed by atoms with van der Waals surface area (Å²) in [5, 5.41) is 0. The standard InChI is InChI=1S/C11H22N2O3S/c1-8(2)6-10(12)11(14)13-4-5-17(15,16)7-9(13)3/h8-10H,4-7,12H2,1-3H3. The molecule has 17 heavy (non-hydrogen) atoms. The summed E-state index contributed by atoms with van der Waals surface area (Å²) >= 11 is 0. The van der Waals surface area contributed by atoms with Gasteiger partial charge in [-0.15, -0.1) is 0 Å². The quantitative estimate of drug-likeness (QED) is 0.776. The van der Waals surface area contributed by atoms with Crippen LogP contribution < -0.4 is 5.73 Å². The predicted molar refractivity (Wildman–Crippen MR) is 67.3 cm³/mol. The molecule has 1 saturated heterocycles. The number of hydrogen-bond acceptors (Lipinski definition) is 4. The van der Waals surface area contributed by atoms with Gasteiger partial charge in [0.25, 0.3) is 0 Å². The van der Waals surface area contributed by atoms with E-state index in [1.165, 1.54) is 0 Å². The third-order valence-corrected chi connectivity index (χ3v) is 4.79. The summed E-state index contributed by atoms with van der Waals surface area (Å²) in [6.07, 6.45) is 0.634. The molecule has 2 N–H and O–H groups in total. The highest BCUT2D eigenvalue weighted by Gasteiger charge is 2.33. The van der Waals surface area contributed by atoms with Crippen LogP contribution in [-0.4, -0.2) is 49.4 Å². The van der Waals surface area contributed by atoms with Gasteiger partial charge in [0.2, 0.25) is 5.91 Å². The minimum atomic E-state index is -2.98. The van der Waals surface area contributed by atoms with Gasteiger partial charge in [-0.05, 0) is 19.3 Å². The van der Waals surface area contributed by atoms with Crippen LogP contribution in [-0.2, 0) is 14.6 Å². The second-order valence-corrected chi connectivity index (χ2v) is 7.46. The lowest BCUT2D eigenvalue weighted by molar-refractivity contribution is -0.134. The molecule has 0 radical (unpaired) electrons. The maximum Gasteiger partial charge on any atom is 0.239 e. The fraction of sp³-hybridized carbons (Fsp3) is 0.909. The predicted octanol–water partition coefficient (Wildman–Crippen LogP) is 0.00530. The van der Waals surface area contributed by atoms with Crippen molar-refractivity contribution in [3.05, 3.63) is 0 Å². The molecule has 0 aliphatic carbocycles. The topological polar surface area (TPSA) is 80.5 Å². The third kappa shape index (κ3) is 3.96. The molecule has 2 atom stereocenters. The van der Waals surface area contributed by atoms with E-state index in [2.05, 4.69) is 0 Å². The van der Waals surface area contributed by atoms with Crippen LogP contribution in [0.2, 0.25) is 0 Å². The molecule has 5 nitrogen and oxygen atoms in total. The summed E-state index contributed by atoms with van der Waals surface area (Å²) in [6, 6.07) is -0.780. The summed E-state index contributed by atoms with van der Waals surface area (Å²) in [5.74, 6) is 0.337. The van der Waals surface area contributed by atoms with Gasteiger partial charge in [-0.1, -0.05) is 13.8 Å². The van der Waals surface area contributed by atoms with Gasteiger partial charge in [0.15, 0.2) is 9.84 Å². The highest BCUT2D eigenvalue weighted by atomic mass is 32.2. The monoisotopic (exact) mass is 262 g/mol. The van der Waals surface area contributed by atoms with Gasteiger partial charge in [-0.25, -0.2) is 8.42 Å². The van der Waals surface area contributed by atoms with Crippen LogP contribution in [0.25, 0.3) is 0 Å². The zero-order valence-corrected chi connectivity index (χ0v) is 11.5. The molecule has 6 heteroatoms. The molecular formula is C11H22N2O3S. The lowest BCUT2D eigenvalue weighted by atomic mass is 10.0. The van der Waals surface area contributed by atoms with Crippen molar-refractivity contribution in [2.75, 3.05) is 18.1 Å². The fourth-order valence-corrected chi connectivity index (χ4v) is 3.70. The first-order valence-electron chi connectivity index (χ1n) is 5.99. The van der Waals surface area contributed by atoms with Crippen molar-refractivity contribution < 1.29 is 13.2 Å². The van der Waals surface area contributed by atoms with Crippen molar-refractivity contribution in [3.63, 3.8) is 0 Å². The van der Waals surface area contributed by atoms with E-state index in [0.717, 1.165) is 0 Å². The van der Waals surface area contributed by atoms with Crippen LogP contribution in [0.5, 0.6) is 0 Å². The minimum Gasteiger partial charge on any atom is -0.337 e. The molecule has 1 rings (SSSR count). The van der Waals surface area contributed by atoms with Gasteiger partial charge in [-0.2, -0.15) is 0 Å². The van der Waals surface area contributed by atoms with Gasteiger partial charge in [0.1, 0.15) is 0 Å². The normalized spacial score (nSPS) is 25.9. The lowest BCUT2D eigenvalue weighted by Gasteiger charge is -2.35. The Morgan fingerprint density at radius 1 is 1.47 bits per heavy atom. The van der Waals surface area contributed by atoms with Crippen molar-refractivity contribution >= 4 is 15.7 Å². The fourth-order valence-electron chi connectivity index (χ4n) is 2.15. The highest BCUT2D eigenvalue weighted by Crippen LogP contribution is 2.14. The molecule has 1 aliphatic heterocycles. The Labute approximate surface area is 103 Å². The van der Waals surface area contributed by atoms with Gasteiger partial charge in [0.05, 0.1) is 17.5 Å². The van der Waals surface area contributed by atoms with Gasteiger partial charge >= 0.3 is 0 Å². The summed E-state index contributed by atoms with van der Waals surface area (Å²) in [7, 11) is -2.98. The van der Waals surface area contributed by atoms with Gasteiger partial charge < -0.3 is 10.6 Å². The number of nitrogens with two attached hydrogens (primary N) is 1. The number of rotatable bonds is 3. The molecule has 2 unspecified atom stereocenters. The molecular weight excluding hydrogens is 240 g/mol. The molecule has 1 heterocycles. The average molecular weight is 262 g/mol. The third-order valence-electron chi connectivity index (χ3n) is 3.00. The second kappa shape index (κ2) is 5.35. The molecule has 0 aromatic heterocycles. The Morgan fingerprint density at radius 2 is 2.06 bits per heavy atom. The SMILES string of the molecule is CC(C)CC(N)C(=O)N1CCS(=O)(=O)CC1C. The largest absolute Gasteiger partial charge is 0.337 e. The Hall–Kier alpha value is -0.620. The molecule has 0 aromatic carbocycles. The van der Waals surface area contributed by atoms with E-state index in [9.17, 15) is 13.2 Å². The van der Waals surface area contributed by atoms with Crippen molar-refractivity contribution in [3.8, 4) is 0 Å². The molecule has 1 aliphatic rings. The number of hydrogen-bond donors (Lipinski definition) is 1. The van der Waals surface area contributed by atoms with Crippen LogP contribution >= 0.6 is 0 Å². The Bertz CT molecular complexity index is 378. The summed E-state index contributed by atoms with van der Waals surface area (Å²) in [6.45, 7) is 6.05. The van der Waals surface area contributed by atoms with E-state index < -0.39 is 15.9 Å². The smallest absolute Gasteiger partial charge is 0.239 e. The molecule has 1 fully saturated rings. The van der Waals surface area contributed by atoms with E-state index in [0.29, 0.717) is 12.3 Å². The number of carbonyl (C=O) groups is 1. The first-order chi connectivity index (χ1) is 7.73. The molecule has 0 spiro atoms. The van der Waals surface area contributed by atoms with E-state index in [4.69, 9.17) is 5.73 Å². The number of nitrogens with zero attached hydrogens (tertiary/aromatic N) is 1. The Balaban J connectivity index is 2.65. The van der Waals surface area contributed by atoms with E-state index in [1.807, 2.05) is 13.8 Å². The zero-order chi connectivity index (χ0) is 13.2. The van der Waals surface area contributed by atoms with Crippen LogP contribution in [0.15, 0.2) is 0 Å². The summed E-state index contributed by atoms with van der Waals surface area (Å²) < 4.78 is 22.8. The average Bonchev–Trinajstić information content (AvgIpc) is 2.14. The molecule has 1 amide bonds. The van der Waals surface area contributed by atoms with Gasteiger partial charge in [-0.3, -0.25) is 4.79 Å². The summed E-state index contributed by atoms with van der Waals surface area (Å²) in [4.78, 5) is 13.7. The number of amides is 1. The number of carbonyl (C=O) groups excluding carboxylic acids is 1.